The van der Waals surface area contributed by atoms with E-state index in [4.69, 9.17) is 10.1 Å². The first kappa shape index (κ1) is 22.0. The van der Waals surface area contributed by atoms with Gasteiger partial charge in [0.05, 0.1) is 28.8 Å². The van der Waals surface area contributed by atoms with Crippen molar-refractivity contribution in [2.45, 2.75) is 32.2 Å². The van der Waals surface area contributed by atoms with Gasteiger partial charge in [0.25, 0.3) is 0 Å². The fraction of sp³-hybridized carbons (Fsp3) is 0.310. The van der Waals surface area contributed by atoms with Crippen LogP contribution in [0.4, 0.5) is 5.82 Å². The topological polar surface area (TPSA) is 89.1 Å². The maximum absolute atomic E-state index is 11.7. The number of aromatic nitrogens is 5. The Morgan fingerprint density at radius 3 is 2.65 bits per heavy atom. The van der Waals surface area contributed by atoms with Crippen molar-refractivity contribution in [2.24, 2.45) is 18.9 Å². The van der Waals surface area contributed by atoms with Crippen molar-refractivity contribution in [3.05, 3.63) is 66.5 Å². The Hall–Kier alpha value is -4.20. The summed E-state index contributed by atoms with van der Waals surface area (Å²) in [6, 6.07) is 16.8. The highest BCUT2D eigenvalue weighted by Crippen LogP contribution is 2.41. The highest BCUT2D eigenvalue weighted by atomic mass is 16.4. The molecule has 2 saturated heterocycles. The third-order valence-electron chi connectivity index (χ3n) is 8.25. The highest BCUT2D eigenvalue weighted by molar-refractivity contribution is 6.03. The number of carbonyl (C=O) groups is 1. The Morgan fingerprint density at radius 2 is 1.89 bits per heavy atom. The van der Waals surface area contributed by atoms with Gasteiger partial charge < -0.3 is 10.0 Å². The molecule has 2 bridgehead atoms. The number of hydrogen-bond acceptors (Lipinski definition) is 5. The van der Waals surface area contributed by atoms with E-state index in [1.54, 1.807) is 0 Å². The van der Waals surface area contributed by atoms with Crippen LogP contribution in [0.2, 0.25) is 0 Å². The Labute approximate surface area is 214 Å². The van der Waals surface area contributed by atoms with E-state index in [2.05, 4.69) is 53.3 Å². The van der Waals surface area contributed by atoms with E-state index in [9.17, 15) is 9.90 Å². The van der Waals surface area contributed by atoms with Crippen molar-refractivity contribution in [3.63, 3.8) is 0 Å². The molecule has 0 spiro atoms. The van der Waals surface area contributed by atoms with Gasteiger partial charge in [-0.15, -0.1) is 0 Å². The van der Waals surface area contributed by atoms with Gasteiger partial charge in [0.2, 0.25) is 0 Å². The summed E-state index contributed by atoms with van der Waals surface area (Å²) < 4.78 is 3.84. The van der Waals surface area contributed by atoms with Gasteiger partial charge in [0.1, 0.15) is 11.5 Å². The lowest BCUT2D eigenvalue weighted by molar-refractivity contribution is -0.146. The standard InChI is InChI=1S/C29H28N6O2/c1-17-5-3-7-22-27(21-6-4-8-25-24(21)16-33(2)31-25)32-35(28(17)22)20-11-12-26(30-14-20)34-15-18-9-10-19(34)13-23(18)29(36)37/h3-8,11-12,14,16,18-19,23H,9-10,13,15H2,1-2H3,(H,36,37)/t18-,19?,23+/m0/s1. The summed E-state index contributed by atoms with van der Waals surface area (Å²) in [6.45, 7) is 2.87. The minimum absolute atomic E-state index is 0.194. The third-order valence-corrected chi connectivity index (χ3v) is 8.25. The Kier molecular flexibility index (Phi) is 4.86. The molecule has 1 aliphatic carbocycles. The van der Waals surface area contributed by atoms with Crippen LogP contribution in [0.25, 0.3) is 38.8 Å². The molecule has 2 aromatic carbocycles. The van der Waals surface area contributed by atoms with Crippen molar-refractivity contribution in [3.8, 4) is 16.9 Å². The molecule has 1 saturated carbocycles. The molecular weight excluding hydrogens is 464 g/mol. The van der Waals surface area contributed by atoms with Crippen LogP contribution in [-0.4, -0.2) is 48.2 Å². The molecule has 1 N–H and O–H groups in total. The van der Waals surface area contributed by atoms with Crippen molar-refractivity contribution in [2.75, 3.05) is 11.4 Å². The number of rotatable bonds is 4. The molecule has 8 nitrogen and oxygen atoms in total. The van der Waals surface area contributed by atoms with Gasteiger partial charge in [-0.25, -0.2) is 9.67 Å². The minimum Gasteiger partial charge on any atom is -0.481 e. The molecule has 1 unspecified atom stereocenters. The number of carboxylic acid groups (broad SMARTS) is 1. The van der Waals surface area contributed by atoms with Crippen molar-refractivity contribution in [1.82, 2.24) is 24.5 Å². The van der Waals surface area contributed by atoms with Gasteiger partial charge in [-0.3, -0.25) is 9.48 Å². The predicted molar refractivity (Wildman–Crippen MR) is 143 cm³/mol. The van der Waals surface area contributed by atoms with E-state index in [0.29, 0.717) is 6.42 Å². The summed E-state index contributed by atoms with van der Waals surface area (Å²) in [7, 11) is 1.94. The smallest absolute Gasteiger partial charge is 0.306 e. The number of aliphatic carboxylic acids is 1. The predicted octanol–water partition coefficient (Wildman–Crippen LogP) is 4.97. The second-order valence-electron chi connectivity index (χ2n) is 10.5. The summed E-state index contributed by atoms with van der Waals surface area (Å²) in [5.41, 5.74) is 6.04. The lowest BCUT2D eigenvalue weighted by atomic mass is 9.72. The molecule has 2 aliphatic heterocycles. The summed E-state index contributed by atoms with van der Waals surface area (Å²) >= 11 is 0. The Morgan fingerprint density at radius 1 is 1.03 bits per heavy atom. The molecular formula is C29H28N6O2. The Balaban J connectivity index is 1.29. The van der Waals surface area contributed by atoms with E-state index in [0.717, 1.165) is 69.5 Å². The maximum Gasteiger partial charge on any atom is 0.306 e. The Bertz CT molecular complexity index is 1670. The first-order valence-corrected chi connectivity index (χ1v) is 12.8. The number of aryl methyl sites for hydroxylation is 2. The van der Waals surface area contributed by atoms with Crippen LogP contribution in [0, 0.1) is 18.8 Å². The average Bonchev–Trinajstić information content (AvgIpc) is 3.50. The molecule has 5 aromatic rings. The number of pyridine rings is 1. The number of nitrogens with zero attached hydrogens (tertiary/aromatic N) is 6. The third kappa shape index (κ3) is 3.43. The van der Waals surface area contributed by atoms with Gasteiger partial charge in [0, 0.05) is 42.2 Å². The lowest BCUT2D eigenvalue weighted by Gasteiger charge is -2.48. The van der Waals surface area contributed by atoms with E-state index in [-0.39, 0.29) is 17.9 Å². The van der Waals surface area contributed by atoms with Crippen molar-refractivity contribution >= 4 is 33.6 Å². The SMILES string of the molecule is Cc1cccc2c(-c3cccc4nn(C)cc34)nn(-c3ccc(N4C[C@@H]5CCC4C[C@H]5C(=O)O)nc3)c12. The molecule has 3 aromatic heterocycles. The molecule has 5 heterocycles. The molecule has 3 fully saturated rings. The average molecular weight is 493 g/mol. The van der Waals surface area contributed by atoms with Crippen molar-refractivity contribution in [1.29, 1.82) is 0 Å². The van der Waals surface area contributed by atoms with Crippen LogP contribution in [0.5, 0.6) is 0 Å². The first-order chi connectivity index (χ1) is 18.0. The lowest BCUT2D eigenvalue weighted by Crippen LogP contribution is -2.54. The number of anilines is 1. The van der Waals surface area contributed by atoms with Gasteiger partial charge >= 0.3 is 5.97 Å². The second-order valence-corrected chi connectivity index (χ2v) is 10.5. The molecule has 3 aliphatic rings. The summed E-state index contributed by atoms with van der Waals surface area (Å²) in [5.74, 6) is 0.224. The van der Waals surface area contributed by atoms with Crippen molar-refractivity contribution < 1.29 is 9.90 Å². The maximum atomic E-state index is 11.7. The number of fused-ring (bicyclic) bond motifs is 5. The van der Waals surface area contributed by atoms with Crippen LogP contribution < -0.4 is 4.90 Å². The fourth-order valence-corrected chi connectivity index (χ4v) is 6.46. The normalized spacial score (nSPS) is 21.2. The first-order valence-electron chi connectivity index (χ1n) is 12.8. The summed E-state index contributed by atoms with van der Waals surface area (Å²) in [4.78, 5) is 18.8. The number of para-hydroxylation sites is 1. The van der Waals surface area contributed by atoms with Crippen LogP contribution in [0.15, 0.2) is 60.9 Å². The monoisotopic (exact) mass is 492 g/mol. The number of hydrogen-bond donors (Lipinski definition) is 1. The van der Waals surface area contributed by atoms with Crippen LogP contribution in [0.3, 0.4) is 0 Å². The van der Waals surface area contributed by atoms with E-state index >= 15 is 0 Å². The molecule has 186 valence electrons. The number of benzene rings is 2. The molecule has 0 radical (unpaired) electrons. The zero-order valence-corrected chi connectivity index (χ0v) is 20.9. The van der Waals surface area contributed by atoms with Crippen LogP contribution in [0.1, 0.15) is 24.8 Å². The highest BCUT2D eigenvalue weighted by Gasteiger charge is 2.44. The van der Waals surface area contributed by atoms with Gasteiger partial charge in [-0.1, -0.05) is 30.3 Å². The van der Waals surface area contributed by atoms with Gasteiger partial charge in [0.15, 0.2) is 0 Å². The fourth-order valence-electron chi connectivity index (χ4n) is 6.46. The molecule has 37 heavy (non-hydrogen) atoms. The molecule has 8 rings (SSSR count). The van der Waals surface area contributed by atoms with E-state index in [1.165, 1.54) is 0 Å². The molecule has 0 amide bonds. The van der Waals surface area contributed by atoms with E-state index in [1.807, 2.05) is 40.9 Å². The summed E-state index contributed by atoms with van der Waals surface area (Å²) in [6.07, 6.45) is 6.66. The number of carboxylic acids is 1. The quantitative estimate of drug-likeness (QED) is 0.381. The van der Waals surface area contributed by atoms with E-state index < -0.39 is 5.97 Å². The van der Waals surface area contributed by atoms with Crippen LogP contribution >= 0.6 is 0 Å². The molecule has 3 atom stereocenters. The number of piperidine rings is 2. The van der Waals surface area contributed by atoms with Gasteiger partial charge in [-0.05, 0) is 55.9 Å². The zero-order valence-electron chi connectivity index (χ0n) is 20.9. The van der Waals surface area contributed by atoms with Gasteiger partial charge in [-0.2, -0.15) is 10.2 Å². The largest absolute Gasteiger partial charge is 0.481 e. The molecule has 8 heteroatoms. The summed E-state index contributed by atoms with van der Waals surface area (Å²) in [5, 5.41) is 21.5. The zero-order chi connectivity index (χ0) is 25.3. The van der Waals surface area contributed by atoms with Crippen LogP contribution in [-0.2, 0) is 11.8 Å². The second kappa shape index (κ2) is 8.16. The minimum atomic E-state index is -0.656.